The van der Waals surface area contributed by atoms with Crippen LogP contribution in [-0.2, 0) is 4.74 Å². The SMILES string of the molecule is CCCCNC(=NC)NCCN(CC)C(=O)OC(C)(C)C.I. The fourth-order valence-electron chi connectivity index (χ4n) is 1.62. The lowest BCUT2D eigenvalue weighted by Gasteiger charge is -2.26. The Kier molecular flexibility index (Phi) is 13.7. The molecule has 0 aliphatic carbocycles. The predicted octanol–water partition coefficient (Wildman–Crippen LogP) is 2.83. The van der Waals surface area contributed by atoms with Crippen LogP contribution >= 0.6 is 24.0 Å². The van der Waals surface area contributed by atoms with Gasteiger partial charge in [-0.2, -0.15) is 0 Å². The van der Waals surface area contributed by atoms with Crippen LogP contribution in [0.5, 0.6) is 0 Å². The van der Waals surface area contributed by atoms with Crippen molar-refractivity contribution in [3.63, 3.8) is 0 Å². The number of carbonyl (C=O) groups is 1. The zero-order valence-corrected chi connectivity index (χ0v) is 17.2. The molecule has 0 aromatic heterocycles. The molecular weight excluding hydrogens is 395 g/mol. The largest absolute Gasteiger partial charge is 0.444 e. The molecule has 0 aromatic rings. The van der Waals surface area contributed by atoms with Crippen molar-refractivity contribution >= 4 is 36.0 Å². The summed E-state index contributed by atoms with van der Waals surface area (Å²) in [4.78, 5) is 17.8. The highest BCUT2D eigenvalue weighted by Gasteiger charge is 2.20. The quantitative estimate of drug-likeness (QED) is 0.283. The number of hydrogen-bond donors (Lipinski definition) is 2. The first-order valence-electron chi connectivity index (χ1n) is 7.76. The fourth-order valence-corrected chi connectivity index (χ4v) is 1.62. The highest BCUT2D eigenvalue weighted by atomic mass is 127. The summed E-state index contributed by atoms with van der Waals surface area (Å²) in [6.45, 7) is 12.5. The summed E-state index contributed by atoms with van der Waals surface area (Å²) < 4.78 is 5.37. The molecular formula is C15H33IN4O2. The van der Waals surface area contributed by atoms with E-state index in [2.05, 4.69) is 22.5 Å². The van der Waals surface area contributed by atoms with Crippen molar-refractivity contribution in [2.45, 2.75) is 53.1 Å². The molecule has 0 saturated heterocycles. The third kappa shape index (κ3) is 11.9. The van der Waals surface area contributed by atoms with Crippen molar-refractivity contribution < 1.29 is 9.53 Å². The van der Waals surface area contributed by atoms with Gasteiger partial charge in [-0.05, 0) is 34.1 Å². The third-order valence-corrected chi connectivity index (χ3v) is 2.75. The van der Waals surface area contributed by atoms with E-state index in [0.29, 0.717) is 19.6 Å². The van der Waals surface area contributed by atoms with Gasteiger partial charge in [0, 0.05) is 33.2 Å². The molecule has 0 spiro atoms. The van der Waals surface area contributed by atoms with Crippen molar-refractivity contribution in [1.82, 2.24) is 15.5 Å². The minimum atomic E-state index is -0.463. The zero-order valence-electron chi connectivity index (χ0n) is 14.9. The Bertz CT molecular complexity index is 330. The van der Waals surface area contributed by atoms with Crippen LogP contribution in [0.25, 0.3) is 0 Å². The Morgan fingerprint density at radius 1 is 1.18 bits per heavy atom. The van der Waals surface area contributed by atoms with Crippen molar-refractivity contribution in [1.29, 1.82) is 0 Å². The highest BCUT2D eigenvalue weighted by molar-refractivity contribution is 14.0. The van der Waals surface area contributed by atoms with Crippen LogP contribution in [0.2, 0.25) is 0 Å². The van der Waals surface area contributed by atoms with Crippen molar-refractivity contribution in [2.75, 3.05) is 33.2 Å². The molecule has 0 aliphatic heterocycles. The number of carbonyl (C=O) groups excluding carboxylic acids is 1. The van der Waals surface area contributed by atoms with E-state index in [0.717, 1.165) is 25.3 Å². The van der Waals surface area contributed by atoms with Crippen molar-refractivity contribution in [3.8, 4) is 0 Å². The molecule has 0 aliphatic rings. The summed E-state index contributed by atoms with van der Waals surface area (Å²) in [5.74, 6) is 0.767. The lowest BCUT2D eigenvalue weighted by atomic mass is 10.2. The maximum Gasteiger partial charge on any atom is 0.410 e. The average Bonchev–Trinajstić information content (AvgIpc) is 2.39. The summed E-state index contributed by atoms with van der Waals surface area (Å²) >= 11 is 0. The Hall–Kier alpha value is -0.730. The molecule has 0 rings (SSSR count). The van der Waals surface area contributed by atoms with Gasteiger partial charge < -0.3 is 20.3 Å². The van der Waals surface area contributed by atoms with Gasteiger partial charge >= 0.3 is 6.09 Å². The van der Waals surface area contributed by atoms with E-state index in [1.807, 2.05) is 27.7 Å². The number of nitrogens with zero attached hydrogens (tertiary/aromatic N) is 2. The third-order valence-electron chi connectivity index (χ3n) is 2.75. The number of aliphatic imine (C=N–C) groups is 1. The highest BCUT2D eigenvalue weighted by Crippen LogP contribution is 2.09. The van der Waals surface area contributed by atoms with Crippen LogP contribution in [0, 0.1) is 0 Å². The number of ether oxygens (including phenoxy) is 1. The molecule has 2 N–H and O–H groups in total. The van der Waals surface area contributed by atoms with Gasteiger partial charge in [0.1, 0.15) is 5.60 Å². The van der Waals surface area contributed by atoms with E-state index < -0.39 is 5.60 Å². The summed E-state index contributed by atoms with van der Waals surface area (Å²) in [6, 6.07) is 0. The molecule has 0 aromatic carbocycles. The maximum atomic E-state index is 12.0. The number of nitrogens with one attached hydrogen (secondary N) is 2. The molecule has 6 nitrogen and oxygen atoms in total. The lowest BCUT2D eigenvalue weighted by Crippen LogP contribution is -2.44. The van der Waals surface area contributed by atoms with Crippen LogP contribution < -0.4 is 10.6 Å². The Morgan fingerprint density at radius 3 is 2.23 bits per heavy atom. The van der Waals surface area contributed by atoms with Crippen LogP contribution in [0.3, 0.4) is 0 Å². The summed E-state index contributed by atoms with van der Waals surface area (Å²) in [5, 5.41) is 6.43. The van der Waals surface area contributed by atoms with Gasteiger partial charge in [0.15, 0.2) is 5.96 Å². The minimum absolute atomic E-state index is 0. The molecule has 0 bridgehead atoms. The second-order valence-electron chi connectivity index (χ2n) is 5.84. The van der Waals surface area contributed by atoms with Gasteiger partial charge in [0.05, 0.1) is 0 Å². The molecule has 0 fully saturated rings. The summed E-state index contributed by atoms with van der Waals surface area (Å²) in [6.07, 6.45) is 1.98. The molecule has 0 unspecified atom stereocenters. The number of unbranched alkanes of at least 4 members (excludes halogenated alkanes) is 1. The van der Waals surface area contributed by atoms with E-state index in [1.165, 1.54) is 0 Å². The minimum Gasteiger partial charge on any atom is -0.444 e. The van der Waals surface area contributed by atoms with Crippen LogP contribution in [-0.4, -0.2) is 55.8 Å². The standard InChI is InChI=1S/C15H32N4O2.HI/c1-7-9-10-17-13(16-6)18-11-12-19(8-2)14(20)21-15(3,4)5;/h7-12H2,1-6H3,(H2,16,17,18);1H. The van der Waals surface area contributed by atoms with E-state index in [9.17, 15) is 4.79 Å². The first-order valence-corrected chi connectivity index (χ1v) is 7.76. The topological polar surface area (TPSA) is 66.0 Å². The predicted molar refractivity (Wildman–Crippen MR) is 103 cm³/mol. The number of hydrogen-bond acceptors (Lipinski definition) is 3. The van der Waals surface area contributed by atoms with Crippen LogP contribution in [0.15, 0.2) is 4.99 Å². The first-order chi connectivity index (χ1) is 9.84. The fraction of sp³-hybridized carbons (Fsp3) is 0.867. The number of guanidine groups is 1. The van der Waals surface area contributed by atoms with Crippen molar-refractivity contribution in [3.05, 3.63) is 0 Å². The monoisotopic (exact) mass is 428 g/mol. The molecule has 0 radical (unpaired) electrons. The first kappa shape index (κ1) is 23.5. The second kappa shape index (κ2) is 12.8. The Labute approximate surface area is 152 Å². The van der Waals surface area contributed by atoms with Gasteiger partial charge in [0.25, 0.3) is 0 Å². The lowest BCUT2D eigenvalue weighted by molar-refractivity contribution is 0.0264. The molecule has 22 heavy (non-hydrogen) atoms. The van der Waals surface area contributed by atoms with Crippen molar-refractivity contribution in [2.24, 2.45) is 4.99 Å². The summed E-state index contributed by atoms with van der Waals surface area (Å²) in [5.41, 5.74) is -0.463. The van der Waals surface area contributed by atoms with E-state index in [-0.39, 0.29) is 30.1 Å². The molecule has 7 heteroatoms. The number of rotatable bonds is 7. The second-order valence-corrected chi connectivity index (χ2v) is 5.84. The van der Waals surface area contributed by atoms with Gasteiger partial charge in [-0.1, -0.05) is 13.3 Å². The number of amides is 1. The Morgan fingerprint density at radius 2 is 1.77 bits per heavy atom. The molecule has 0 heterocycles. The maximum absolute atomic E-state index is 12.0. The van der Waals surface area contributed by atoms with Gasteiger partial charge in [-0.3, -0.25) is 4.99 Å². The smallest absolute Gasteiger partial charge is 0.410 e. The zero-order chi connectivity index (χ0) is 16.3. The number of halogens is 1. The Balaban J connectivity index is 0. The molecule has 0 atom stereocenters. The van der Waals surface area contributed by atoms with Gasteiger partial charge in [-0.15, -0.1) is 24.0 Å². The molecule has 1 amide bonds. The number of likely N-dealkylation sites (N-methyl/N-ethyl adjacent to an activating group) is 1. The molecule has 0 saturated carbocycles. The molecule has 132 valence electrons. The van der Waals surface area contributed by atoms with Crippen LogP contribution in [0.1, 0.15) is 47.5 Å². The van der Waals surface area contributed by atoms with E-state index in [1.54, 1.807) is 11.9 Å². The summed E-state index contributed by atoms with van der Waals surface area (Å²) in [7, 11) is 1.74. The van der Waals surface area contributed by atoms with E-state index in [4.69, 9.17) is 4.74 Å². The van der Waals surface area contributed by atoms with Gasteiger partial charge in [0.2, 0.25) is 0 Å². The normalized spacial score (nSPS) is 11.5. The average molecular weight is 428 g/mol. The van der Waals surface area contributed by atoms with Crippen LogP contribution in [0.4, 0.5) is 4.79 Å². The van der Waals surface area contributed by atoms with Gasteiger partial charge in [-0.25, -0.2) is 4.79 Å². The van der Waals surface area contributed by atoms with E-state index >= 15 is 0 Å².